The van der Waals surface area contributed by atoms with Gasteiger partial charge in [0.25, 0.3) is 0 Å². The van der Waals surface area contributed by atoms with Crippen LogP contribution in [0, 0.1) is 5.92 Å². The third-order valence-corrected chi connectivity index (χ3v) is 8.48. The van der Waals surface area contributed by atoms with Gasteiger partial charge >= 0.3 is 0 Å². The van der Waals surface area contributed by atoms with E-state index in [-0.39, 0.29) is 11.5 Å². The Balaban J connectivity index is 1.39. The summed E-state index contributed by atoms with van der Waals surface area (Å²) in [6.07, 6.45) is 8.62. The number of rotatable bonds is 4. The highest BCUT2D eigenvalue weighted by Gasteiger charge is 2.26. The van der Waals surface area contributed by atoms with Crippen molar-refractivity contribution in [1.29, 1.82) is 0 Å². The molecule has 1 aromatic heterocycles. The second-order valence-corrected chi connectivity index (χ2v) is 11.4. The normalized spacial score (nSPS) is 23.2. The SMILES string of the molecule is O=S1(=O)CCN(Cc2cc3c(c4ncccc24)OCN(CC2CCCCC2)C3)CC1. The summed E-state index contributed by atoms with van der Waals surface area (Å²) in [5, 5.41) is 1.12. The standard InChI is InChI=1S/C23H31N3O3S/c27-30(28)11-9-25(10-12-30)15-19-13-20-16-26(14-18-5-2-1-3-6-18)17-29-23(20)22-21(19)7-4-8-24-22/h4,7-8,13,18H,1-3,5-6,9-12,14-17H2. The van der Waals surface area contributed by atoms with Crippen molar-refractivity contribution in [2.75, 3.05) is 37.9 Å². The molecule has 0 amide bonds. The lowest BCUT2D eigenvalue weighted by Crippen LogP contribution is -2.40. The van der Waals surface area contributed by atoms with E-state index in [2.05, 4.69) is 26.9 Å². The zero-order chi connectivity index (χ0) is 20.6. The van der Waals surface area contributed by atoms with Crippen LogP contribution in [0.4, 0.5) is 0 Å². The zero-order valence-corrected chi connectivity index (χ0v) is 18.4. The molecule has 1 aliphatic carbocycles. The first kappa shape index (κ1) is 20.2. The molecular formula is C23H31N3O3S. The van der Waals surface area contributed by atoms with Gasteiger partial charge in [0.2, 0.25) is 0 Å². The molecule has 3 aliphatic rings. The number of fused-ring (bicyclic) bond motifs is 3. The Morgan fingerprint density at radius 2 is 1.90 bits per heavy atom. The lowest BCUT2D eigenvalue weighted by molar-refractivity contribution is 0.0740. The van der Waals surface area contributed by atoms with Crippen molar-refractivity contribution in [2.45, 2.75) is 45.2 Å². The number of hydrogen-bond donors (Lipinski definition) is 0. The maximum atomic E-state index is 11.8. The first-order chi connectivity index (χ1) is 14.6. The highest BCUT2D eigenvalue weighted by molar-refractivity contribution is 7.91. The number of benzene rings is 1. The van der Waals surface area contributed by atoms with Gasteiger partial charge in [-0.1, -0.05) is 25.3 Å². The summed E-state index contributed by atoms with van der Waals surface area (Å²) in [6.45, 7) is 4.61. The highest BCUT2D eigenvalue weighted by Crippen LogP contribution is 2.36. The Morgan fingerprint density at radius 3 is 2.70 bits per heavy atom. The molecule has 0 bridgehead atoms. The average Bonchev–Trinajstić information content (AvgIpc) is 2.76. The van der Waals surface area contributed by atoms with E-state index < -0.39 is 9.84 Å². The fourth-order valence-corrected chi connectivity index (χ4v) is 6.48. The minimum atomic E-state index is -2.87. The number of ether oxygens (including phenoxy) is 1. The van der Waals surface area contributed by atoms with E-state index in [1.54, 1.807) is 0 Å². The third kappa shape index (κ3) is 4.34. The second-order valence-electron chi connectivity index (χ2n) is 9.14. The van der Waals surface area contributed by atoms with Crippen LogP contribution in [-0.2, 0) is 22.9 Å². The Labute approximate surface area is 179 Å². The smallest absolute Gasteiger partial charge is 0.152 e. The first-order valence-corrected chi connectivity index (χ1v) is 13.1. The first-order valence-electron chi connectivity index (χ1n) is 11.2. The second kappa shape index (κ2) is 8.44. The summed E-state index contributed by atoms with van der Waals surface area (Å²) in [7, 11) is -2.87. The monoisotopic (exact) mass is 429 g/mol. The van der Waals surface area contributed by atoms with Gasteiger partial charge < -0.3 is 4.74 Å². The van der Waals surface area contributed by atoms with Gasteiger partial charge in [-0.15, -0.1) is 0 Å². The van der Waals surface area contributed by atoms with Gasteiger partial charge in [-0.25, -0.2) is 8.42 Å². The minimum Gasteiger partial charge on any atom is -0.475 e. The summed E-state index contributed by atoms with van der Waals surface area (Å²) < 4.78 is 29.8. The summed E-state index contributed by atoms with van der Waals surface area (Å²) in [6, 6.07) is 6.35. The maximum absolute atomic E-state index is 11.8. The van der Waals surface area contributed by atoms with Gasteiger partial charge in [0.1, 0.15) is 12.2 Å². The quantitative estimate of drug-likeness (QED) is 0.744. The van der Waals surface area contributed by atoms with E-state index in [1.807, 2.05) is 12.3 Å². The van der Waals surface area contributed by atoms with Crippen molar-refractivity contribution >= 4 is 20.7 Å². The van der Waals surface area contributed by atoms with Gasteiger partial charge in [-0.2, -0.15) is 0 Å². The van der Waals surface area contributed by atoms with Gasteiger partial charge in [-0.05, 0) is 36.5 Å². The van der Waals surface area contributed by atoms with Gasteiger partial charge in [0, 0.05) is 49.9 Å². The molecule has 0 N–H and O–H groups in total. The maximum Gasteiger partial charge on any atom is 0.152 e. The van der Waals surface area contributed by atoms with Crippen LogP contribution in [0.15, 0.2) is 24.4 Å². The highest BCUT2D eigenvalue weighted by atomic mass is 32.2. The average molecular weight is 430 g/mol. The molecule has 2 fully saturated rings. The molecule has 162 valence electrons. The van der Waals surface area contributed by atoms with E-state index >= 15 is 0 Å². The van der Waals surface area contributed by atoms with E-state index in [0.29, 0.717) is 19.8 Å². The Bertz CT molecular complexity index is 1000. The summed E-state index contributed by atoms with van der Waals surface area (Å²) in [4.78, 5) is 9.34. The van der Waals surface area contributed by atoms with Crippen LogP contribution in [0.3, 0.4) is 0 Å². The van der Waals surface area contributed by atoms with Crippen LogP contribution in [0.25, 0.3) is 10.9 Å². The topological polar surface area (TPSA) is 62.7 Å². The molecule has 5 rings (SSSR count). The summed E-state index contributed by atoms with van der Waals surface area (Å²) in [5.74, 6) is 2.23. The number of sulfone groups is 1. The van der Waals surface area contributed by atoms with Crippen LogP contribution in [-0.4, -0.2) is 61.1 Å². The molecule has 0 unspecified atom stereocenters. The van der Waals surface area contributed by atoms with E-state index in [1.165, 1.54) is 43.2 Å². The van der Waals surface area contributed by atoms with E-state index in [0.717, 1.165) is 42.2 Å². The molecule has 0 radical (unpaired) electrons. The van der Waals surface area contributed by atoms with Gasteiger partial charge in [0.05, 0.1) is 11.5 Å². The molecule has 30 heavy (non-hydrogen) atoms. The van der Waals surface area contributed by atoms with Crippen molar-refractivity contribution in [3.8, 4) is 5.75 Å². The predicted octanol–water partition coefficient (Wildman–Crippen LogP) is 3.20. The Hall–Kier alpha value is -1.70. The van der Waals surface area contributed by atoms with Crippen molar-refractivity contribution in [2.24, 2.45) is 5.92 Å². The Kier molecular flexibility index (Phi) is 5.69. The van der Waals surface area contributed by atoms with Crippen LogP contribution < -0.4 is 4.74 Å². The van der Waals surface area contributed by atoms with E-state index in [9.17, 15) is 8.42 Å². The lowest BCUT2D eigenvalue weighted by Gasteiger charge is -2.34. The molecule has 1 aromatic carbocycles. The fourth-order valence-electron chi connectivity index (χ4n) is 5.20. The fraction of sp³-hybridized carbons (Fsp3) is 0.609. The number of aromatic nitrogens is 1. The Morgan fingerprint density at radius 1 is 1.10 bits per heavy atom. The third-order valence-electron chi connectivity index (χ3n) is 6.87. The molecular weight excluding hydrogens is 398 g/mol. The molecule has 1 saturated heterocycles. The summed E-state index contributed by atoms with van der Waals surface area (Å²) in [5.41, 5.74) is 3.37. The minimum absolute atomic E-state index is 0.256. The number of nitrogens with zero attached hydrogens (tertiary/aromatic N) is 3. The van der Waals surface area contributed by atoms with Crippen molar-refractivity contribution in [3.05, 3.63) is 35.5 Å². The molecule has 1 saturated carbocycles. The molecule has 2 aromatic rings. The summed E-state index contributed by atoms with van der Waals surface area (Å²) >= 11 is 0. The molecule has 6 nitrogen and oxygen atoms in total. The molecule has 0 atom stereocenters. The van der Waals surface area contributed by atoms with Gasteiger partial charge in [0.15, 0.2) is 15.6 Å². The van der Waals surface area contributed by atoms with Crippen LogP contribution in [0.1, 0.15) is 43.2 Å². The zero-order valence-electron chi connectivity index (χ0n) is 17.6. The lowest BCUT2D eigenvalue weighted by atomic mass is 9.89. The van der Waals surface area contributed by atoms with Crippen molar-refractivity contribution < 1.29 is 13.2 Å². The predicted molar refractivity (Wildman–Crippen MR) is 118 cm³/mol. The molecule has 0 spiro atoms. The molecule has 7 heteroatoms. The van der Waals surface area contributed by atoms with Crippen LogP contribution >= 0.6 is 0 Å². The molecule has 3 heterocycles. The van der Waals surface area contributed by atoms with Gasteiger partial charge in [-0.3, -0.25) is 14.8 Å². The van der Waals surface area contributed by atoms with Crippen LogP contribution in [0.2, 0.25) is 0 Å². The van der Waals surface area contributed by atoms with Crippen molar-refractivity contribution in [1.82, 2.24) is 14.8 Å². The van der Waals surface area contributed by atoms with Crippen molar-refractivity contribution in [3.63, 3.8) is 0 Å². The number of hydrogen-bond acceptors (Lipinski definition) is 6. The largest absolute Gasteiger partial charge is 0.475 e. The number of pyridine rings is 1. The molecule has 2 aliphatic heterocycles. The van der Waals surface area contributed by atoms with Crippen LogP contribution in [0.5, 0.6) is 5.75 Å². The van der Waals surface area contributed by atoms with E-state index in [4.69, 9.17) is 4.74 Å².